The number of imide groups is 1. The zero-order valence-corrected chi connectivity index (χ0v) is 14.0. The zero-order valence-electron chi connectivity index (χ0n) is 14.0. The Bertz CT molecular complexity index is 845. The quantitative estimate of drug-likeness (QED) is 0.742. The van der Waals surface area contributed by atoms with Crippen LogP contribution in [0.15, 0.2) is 12.3 Å². The second-order valence-corrected chi connectivity index (χ2v) is 6.64. The standard InChI is InChI=1S/C17H17N5O3/c1-3-14(23)20-8-11-5-13(20)15-16(24)22(17(25)21(11)15)10-4-9(2)12(6-18)19-7-10/h4,7,11,13,15H,3,5,8H2,1-2H3/t11?,13?,15-/m1/s1. The Labute approximate surface area is 144 Å². The Morgan fingerprint density at radius 1 is 1.44 bits per heavy atom. The lowest BCUT2D eigenvalue weighted by atomic mass is 10.1. The lowest BCUT2D eigenvalue weighted by Crippen LogP contribution is -2.54. The molecule has 0 aromatic carbocycles. The van der Waals surface area contributed by atoms with Crippen LogP contribution in [0.25, 0.3) is 0 Å². The van der Waals surface area contributed by atoms with Gasteiger partial charge in [-0.05, 0) is 25.0 Å². The van der Waals surface area contributed by atoms with Crippen LogP contribution in [0.3, 0.4) is 0 Å². The van der Waals surface area contributed by atoms with E-state index < -0.39 is 6.04 Å². The minimum absolute atomic E-state index is 0.0155. The maximum absolute atomic E-state index is 12.9. The number of amides is 4. The van der Waals surface area contributed by atoms with Crippen LogP contribution < -0.4 is 4.90 Å². The number of rotatable bonds is 2. The summed E-state index contributed by atoms with van der Waals surface area (Å²) in [4.78, 5) is 46.4. The lowest BCUT2D eigenvalue weighted by molar-refractivity contribution is -0.135. The van der Waals surface area contributed by atoms with Crippen molar-refractivity contribution in [1.29, 1.82) is 5.26 Å². The average Bonchev–Trinajstić information content (AvgIpc) is 3.26. The Morgan fingerprint density at radius 3 is 2.84 bits per heavy atom. The molecule has 0 aliphatic carbocycles. The van der Waals surface area contributed by atoms with Gasteiger partial charge in [0.05, 0.1) is 24.0 Å². The first-order valence-corrected chi connectivity index (χ1v) is 8.30. The predicted molar refractivity (Wildman–Crippen MR) is 86.4 cm³/mol. The number of nitriles is 1. The van der Waals surface area contributed by atoms with Crippen molar-refractivity contribution in [2.45, 2.75) is 44.8 Å². The number of urea groups is 1. The number of hydrogen-bond donors (Lipinski definition) is 0. The molecule has 3 atom stereocenters. The Balaban J connectivity index is 1.68. The van der Waals surface area contributed by atoms with Gasteiger partial charge in [-0.2, -0.15) is 5.26 Å². The molecule has 8 nitrogen and oxygen atoms in total. The van der Waals surface area contributed by atoms with Gasteiger partial charge in [0.1, 0.15) is 17.8 Å². The van der Waals surface area contributed by atoms with Gasteiger partial charge < -0.3 is 9.80 Å². The Hall–Kier alpha value is -2.95. The van der Waals surface area contributed by atoms with Gasteiger partial charge in [-0.3, -0.25) is 9.59 Å². The summed E-state index contributed by atoms with van der Waals surface area (Å²) in [5.74, 6) is -0.307. The second kappa shape index (κ2) is 5.28. The van der Waals surface area contributed by atoms with E-state index in [1.54, 1.807) is 29.7 Å². The molecule has 3 fully saturated rings. The third-order valence-corrected chi connectivity index (χ3v) is 5.32. The summed E-state index contributed by atoms with van der Waals surface area (Å²) in [5, 5.41) is 8.99. The first kappa shape index (κ1) is 15.6. The number of hydrogen-bond acceptors (Lipinski definition) is 5. The van der Waals surface area contributed by atoms with E-state index >= 15 is 0 Å². The molecule has 0 saturated carbocycles. The molecule has 2 bridgehead atoms. The fraction of sp³-hybridized carbons (Fsp3) is 0.471. The fourth-order valence-corrected chi connectivity index (χ4v) is 4.18. The highest BCUT2D eigenvalue weighted by Crippen LogP contribution is 2.42. The molecule has 0 spiro atoms. The van der Waals surface area contributed by atoms with Crippen LogP contribution in [-0.2, 0) is 9.59 Å². The van der Waals surface area contributed by atoms with Gasteiger partial charge in [-0.15, -0.1) is 0 Å². The highest BCUT2D eigenvalue weighted by Gasteiger charge is 2.62. The molecule has 0 N–H and O–H groups in total. The molecule has 1 aromatic heterocycles. The molecule has 128 valence electrons. The zero-order chi connectivity index (χ0) is 17.9. The first-order chi connectivity index (χ1) is 12.0. The number of likely N-dealkylation sites (tertiary alicyclic amines) is 1. The summed E-state index contributed by atoms with van der Waals surface area (Å²) in [5.41, 5.74) is 1.25. The lowest BCUT2D eigenvalue weighted by Gasteiger charge is -2.34. The molecule has 4 rings (SSSR count). The summed E-state index contributed by atoms with van der Waals surface area (Å²) in [6.07, 6.45) is 2.42. The maximum atomic E-state index is 12.9. The molecular weight excluding hydrogens is 322 g/mol. The molecule has 3 aliphatic heterocycles. The number of pyridine rings is 1. The minimum atomic E-state index is -0.613. The van der Waals surface area contributed by atoms with E-state index in [4.69, 9.17) is 5.26 Å². The fourth-order valence-electron chi connectivity index (χ4n) is 4.18. The number of fused-ring (bicyclic) bond motifs is 5. The second-order valence-electron chi connectivity index (χ2n) is 6.64. The van der Waals surface area contributed by atoms with Crippen molar-refractivity contribution in [1.82, 2.24) is 14.8 Å². The number of carbonyl (C=O) groups is 3. The van der Waals surface area contributed by atoms with Gasteiger partial charge in [0, 0.05) is 13.0 Å². The van der Waals surface area contributed by atoms with E-state index in [1.165, 1.54) is 6.20 Å². The van der Waals surface area contributed by atoms with Crippen molar-refractivity contribution < 1.29 is 14.4 Å². The molecule has 4 amide bonds. The summed E-state index contributed by atoms with van der Waals surface area (Å²) in [6.45, 7) is 4.00. The molecule has 3 aliphatic rings. The van der Waals surface area contributed by atoms with E-state index in [0.717, 1.165) is 4.90 Å². The summed E-state index contributed by atoms with van der Waals surface area (Å²) in [7, 11) is 0. The van der Waals surface area contributed by atoms with Crippen molar-refractivity contribution in [3.8, 4) is 6.07 Å². The first-order valence-electron chi connectivity index (χ1n) is 8.30. The van der Waals surface area contributed by atoms with Crippen molar-refractivity contribution in [3.63, 3.8) is 0 Å². The van der Waals surface area contributed by atoms with Gasteiger partial charge >= 0.3 is 6.03 Å². The number of carbonyl (C=O) groups excluding carboxylic acids is 3. The van der Waals surface area contributed by atoms with Crippen LogP contribution in [-0.4, -0.2) is 57.3 Å². The van der Waals surface area contributed by atoms with Crippen molar-refractivity contribution in [2.24, 2.45) is 0 Å². The monoisotopic (exact) mass is 339 g/mol. The number of anilines is 1. The molecule has 0 radical (unpaired) electrons. The molecule has 8 heteroatoms. The van der Waals surface area contributed by atoms with Gasteiger partial charge in [-0.1, -0.05) is 6.92 Å². The minimum Gasteiger partial charge on any atom is -0.335 e. The van der Waals surface area contributed by atoms with Gasteiger partial charge in [0.25, 0.3) is 5.91 Å². The highest BCUT2D eigenvalue weighted by molar-refractivity contribution is 6.22. The van der Waals surface area contributed by atoms with E-state index in [1.807, 2.05) is 6.07 Å². The molecule has 4 heterocycles. The van der Waals surface area contributed by atoms with E-state index in [0.29, 0.717) is 30.6 Å². The van der Waals surface area contributed by atoms with E-state index in [2.05, 4.69) is 4.98 Å². The van der Waals surface area contributed by atoms with Crippen molar-refractivity contribution in [2.75, 3.05) is 11.4 Å². The van der Waals surface area contributed by atoms with Crippen LogP contribution in [0.5, 0.6) is 0 Å². The van der Waals surface area contributed by atoms with Crippen LogP contribution in [0.2, 0.25) is 0 Å². The highest BCUT2D eigenvalue weighted by atomic mass is 16.2. The topological polar surface area (TPSA) is 97.6 Å². The van der Waals surface area contributed by atoms with Gasteiger partial charge in [0.15, 0.2) is 0 Å². The normalized spacial score (nSPS) is 27.1. The van der Waals surface area contributed by atoms with E-state index in [-0.39, 0.29) is 35.6 Å². The predicted octanol–water partition coefficient (Wildman–Crippen LogP) is 0.792. The number of piperazine rings is 1. The van der Waals surface area contributed by atoms with Crippen LogP contribution in [0.4, 0.5) is 10.5 Å². The maximum Gasteiger partial charge on any atom is 0.332 e. The van der Waals surface area contributed by atoms with Crippen molar-refractivity contribution >= 4 is 23.5 Å². The third-order valence-electron chi connectivity index (χ3n) is 5.32. The smallest absolute Gasteiger partial charge is 0.332 e. The summed E-state index contributed by atoms with van der Waals surface area (Å²) in [6, 6.07) is 2.26. The molecule has 2 unspecified atom stereocenters. The molecule has 3 saturated heterocycles. The van der Waals surface area contributed by atoms with E-state index in [9.17, 15) is 14.4 Å². The van der Waals surface area contributed by atoms with Crippen molar-refractivity contribution in [3.05, 3.63) is 23.5 Å². The summed E-state index contributed by atoms with van der Waals surface area (Å²) >= 11 is 0. The Morgan fingerprint density at radius 2 is 2.20 bits per heavy atom. The third kappa shape index (κ3) is 1.98. The largest absolute Gasteiger partial charge is 0.335 e. The molecular formula is C17H17N5O3. The van der Waals surface area contributed by atoms with Crippen LogP contribution in [0.1, 0.15) is 31.0 Å². The number of nitrogens with zero attached hydrogens (tertiary/aromatic N) is 5. The van der Waals surface area contributed by atoms with Gasteiger partial charge in [0.2, 0.25) is 5.91 Å². The SMILES string of the molecule is CCC(=O)N1CC2CC1[C@@H]1C(=O)N(c3cnc(C#N)c(C)c3)C(=O)N21. The van der Waals surface area contributed by atoms with Crippen LogP contribution >= 0.6 is 0 Å². The number of aromatic nitrogens is 1. The molecule has 1 aromatic rings. The number of aryl methyl sites for hydroxylation is 1. The van der Waals surface area contributed by atoms with Crippen LogP contribution in [0, 0.1) is 18.3 Å². The Kier molecular flexibility index (Phi) is 3.29. The summed E-state index contributed by atoms with van der Waals surface area (Å²) < 4.78 is 0. The average molecular weight is 339 g/mol. The van der Waals surface area contributed by atoms with Gasteiger partial charge in [-0.25, -0.2) is 14.7 Å². The molecule has 25 heavy (non-hydrogen) atoms.